The summed E-state index contributed by atoms with van der Waals surface area (Å²) >= 11 is 6.50. The summed E-state index contributed by atoms with van der Waals surface area (Å²) < 4.78 is 45.4. The molecule has 0 aliphatic heterocycles. The number of nitrogens with one attached hydrogen (secondary N) is 2. The Hall–Kier alpha value is -3.19. The molecule has 3 aromatic rings. The molecular formula is C18H16ClF3N6O3S. The Morgan fingerprint density at radius 1 is 1.19 bits per heavy atom. The molecule has 9 nitrogen and oxygen atoms in total. The van der Waals surface area contributed by atoms with Crippen LogP contribution in [0.2, 0.25) is 5.02 Å². The lowest BCUT2D eigenvalue weighted by Crippen LogP contribution is -2.28. The fourth-order valence-corrected chi connectivity index (χ4v) is 3.65. The number of aromatic nitrogens is 4. The fraction of sp³-hybridized carbons (Fsp3) is 0.278. The molecule has 0 bridgehead atoms. The van der Waals surface area contributed by atoms with E-state index in [4.69, 9.17) is 16.3 Å². The Morgan fingerprint density at radius 2 is 1.91 bits per heavy atom. The molecule has 3 aromatic heterocycles. The van der Waals surface area contributed by atoms with Crippen LogP contribution in [-0.4, -0.2) is 38.4 Å². The fourth-order valence-electron chi connectivity index (χ4n) is 2.62. The van der Waals surface area contributed by atoms with E-state index < -0.39 is 34.6 Å². The molecule has 1 unspecified atom stereocenters. The van der Waals surface area contributed by atoms with E-state index in [2.05, 4.69) is 25.6 Å². The van der Waals surface area contributed by atoms with Crippen LogP contribution < -0.4 is 15.4 Å². The van der Waals surface area contributed by atoms with Crippen LogP contribution in [0.15, 0.2) is 24.7 Å². The number of carbonyl (C=O) groups is 2. The summed E-state index contributed by atoms with van der Waals surface area (Å²) in [7, 11) is 3.05. The molecule has 0 fully saturated rings. The number of pyridine rings is 1. The van der Waals surface area contributed by atoms with Gasteiger partial charge in [0, 0.05) is 13.2 Å². The van der Waals surface area contributed by atoms with Crippen LogP contribution in [0.4, 0.5) is 19.0 Å². The molecule has 0 saturated carbocycles. The first kappa shape index (κ1) is 23.5. The Balaban J connectivity index is 1.69. The summed E-state index contributed by atoms with van der Waals surface area (Å²) in [4.78, 5) is 36.8. The normalized spacial score (nSPS) is 12.3. The predicted octanol–water partition coefficient (Wildman–Crippen LogP) is 3.70. The third-order valence-electron chi connectivity index (χ3n) is 4.23. The summed E-state index contributed by atoms with van der Waals surface area (Å²) in [5.74, 6) is -1.44. The van der Waals surface area contributed by atoms with E-state index in [1.54, 1.807) is 14.0 Å². The Bertz CT molecular complexity index is 1160. The molecule has 14 heteroatoms. The van der Waals surface area contributed by atoms with Crippen molar-refractivity contribution in [2.75, 3.05) is 12.4 Å². The van der Waals surface area contributed by atoms with Gasteiger partial charge in [-0.25, -0.2) is 15.0 Å². The number of halogens is 4. The molecule has 170 valence electrons. The predicted molar refractivity (Wildman–Crippen MR) is 110 cm³/mol. The molecule has 0 saturated heterocycles. The van der Waals surface area contributed by atoms with Gasteiger partial charge >= 0.3 is 6.18 Å². The number of anilines is 1. The van der Waals surface area contributed by atoms with Gasteiger partial charge in [0.05, 0.1) is 36.1 Å². The molecule has 1 atom stereocenters. The first-order chi connectivity index (χ1) is 15.0. The lowest BCUT2D eigenvalue weighted by atomic mass is 10.2. The second kappa shape index (κ2) is 9.12. The Morgan fingerprint density at radius 3 is 2.53 bits per heavy atom. The van der Waals surface area contributed by atoms with E-state index in [-0.39, 0.29) is 22.4 Å². The third kappa shape index (κ3) is 4.99. The molecule has 3 heterocycles. The lowest BCUT2D eigenvalue weighted by Gasteiger charge is -2.11. The molecule has 0 aliphatic carbocycles. The second-order valence-electron chi connectivity index (χ2n) is 6.45. The van der Waals surface area contributed by atoms with Crippen molar-refractivity contribution in [3.05, 3.63) is 50.8 Å². The SMILES string of the molecule is COc1ncc(C(=O)NC(C)c2ncc(C(=O)Nc3cc(C(F)(F)F)c(Cl)cn3)s2)n1C. The number of imidazole rings is 1. The molecular weight excluding hydrogens is 473 g/mol. The molecule has 0 radical (unpaired) electrons. The van der Waals surface area contributed by atoms with E-state index in [0.29, 0.717) is 11.1 Å². The van der Waals surface area contributed by atoms with E-state index in [1.165, 1.54) is 24.1 Å². The van der Waals surface area contributed by atoms with Gasteiger partial charge in [-0.05, 0) is 13.0 Å². The number of methoxy groups -OCH3 is 1. The average Bonchev–Trinajstić information content (AvgIpc) is 3.35. The zero-order chi connectivity index (χ0) is 23.6. The van der Waals surface area contributed by atoms with Crippen LogP contribution in [0.5, 0.6) is 6.01 Å². The van der Waals surface area contributed by atoms with Gasteiger partial charge in [-0.15, -0.1) is 11.3 Å². The largest absolute Gasteiger partial charge is 0.468 e. The maximum atomic E-state index is 13.0. The highest BCUT2D eigenvalue weighted by Crippen LogP contribution is 2.35. The number of nitrogens with zero attached hydrogens (tertiary/aromatic N) is 4. The second-order valence-corrected chi connectivity index (χ2v) is 7.92. The van der Waals surface area contributed by atoms with Gasteiger partial charge in [-0.3, -0.25) is 14.2 Å². The zero-order valence-electron chi connectivity index (χ0n) is 16.8. The Labute approximate surface area is 188 Å². The van der Waals surface area contributed by atoms with Crippen molar-refractivity contribution >= 4 is 40.6 Å². The van der Waals surface area contributed by atoms with Gasteiger partial charge in [0.15, 0.2) is 0 Å². The van der Waals surface area contributed by atoms with Crippen molar-refractivity contribution < 1.29 is 27.5 Å². The van der Waals surface area contributed by atoms with E-state index in [0.717, 1.165) is 17.5 Å². The van der Waals surface area contributed by atoms with Crippen molar-refractivity contribution in [2.45, 2.75) is 19.1 Å². The molecule has 0 aliphatic rings. The summed E-state index contributed by atoms with van der Waals surface area (Å²) in [6.07, 6.45) is -1.27. The number of rotatable bonds is 6. The van der Waals surface area contributed by atoms with Crippen molar-refractivity contribution in [1.82, 2.24) is 24.8 Å². The number of hydrogen-bond acceptors (Lipinski definition) is 7. The third-order valence-corrected chi connectivity index (χ3v) is 5.71. The topological polar surface area (TPSA) is 111 Å². The minimum absolute atomic E-state index is 0.119. The summed E-state index contributed by atoms with van der Waals surface area (Å²) in [6, 6.07) is 0.355. The minimum Gasteiger partial charge on any atom is -0.468 e. The van der Waals surface area contributed by atoms with Crippen molar-refractivity contribution in [3.63, 3.8) is 0 Å². The number of amides is 2. The van der Waals surface area contributed by atoms with E-state index in [1.807, 2.05) is 0 Å². The van der Waals surface area contributed by atoms with Crippen LogP contribution in [0.3, 0.4) is 0 Å². The van der Waals surface area contributed by atoms with Crippen LogP contribution in [0, 0.1) is 0 Å². The maximum Gasteiger partial charge on any atom is 0.418 e. The number of thiazole rings is 1. The zero-order valence-corrected chi connectivity index (χ0v) is 18.4. The van der Waals surface area contributed by atoms with Crippen LogP contribution in [0.25, 0.3) is 0 Å². The quantitative estimate of drug-likeness (QED) is 0.547. The minimum atomic E-state index is -4.69. The highest BCUT2D eigenvalue weighted by Gasteiger charge is 2.34. The molecule has 0 spiro atoms. The monoisotopic (exact) mass is 488 g/mol. The first-order valence-electron chi connectivity index (χ1n) is 8.87. The van der Waals surface area contributed by atoms with Crippen LogP contribution >= 0.6 is 22.9 Å². The van der Waals surface area contributed by atoms with Gasteiger partial charge < -0.3 is 15.4 Å². The van der Waals surface area contributed by atoms with Crippen molar-refractivity contribution in [2.24, 2.45) is 7.05 Å². The summed E-state index contributed by atoms with van der Waals surface area (Å²) in [5, 5.41) is 4.85. The lowest BCUT2D eigenvalue weighted by molar-refractivity contribution is -0.137. The molecule has 2 amide bonds. The van der Waals surface area contributed by atoms with Gasteiger partial charge in [0.25, 0.3) is 17.8 Å². The highest BCUT2D eigenvalue weighted by atomic mass is 35.5. The number of ether oxygens (including phenoxy) is 1. The number of hydrogen-bond donors (Lipinski definition) is 2. The van der Waals surface area contributed by atoms with Gasteiger partial charge in [0.2, 0.25) is 0 Å². The smallest absolute Gasteiger partial charge is 0.418 e. The maximum absolute atomic E-state index is 13.0. The van der Waals surface area contributed by atoms with Gasteiger partial charge in [0.1, 0.15) is 21.4 Å². The van der Waals surface area contributed by atoms with E-state index >= 15 is 0 Å². The highest BCUT2D eigenvalue weighted by molar-refractivity contribution is 7.13. The molecule has 32 heavy (non-hydrogen) atoms. The van der Waals surface area contributed by atoms with Gasteiger partial charge in [-0.1, -0.05) is 11.6 Å². The summed E-state index contributed by atoms with van der Waals surface area (Å²) in [5.41, 5.74) is -0.852. The average molecular weight is 489 g/mol. The van der Waals surface area contributed by atoms with Crippen LogP contribution in [0.1, 0.15) is 43.7 Å². The van der Waals surface area contributed by atoms with Crippen LogP contribution in [-0.2, 0) is 13.2 Å². The standard InChI is InChI=1S/C18H16ClF3N6O3S/c1-8(26-14(29)11-6-25-17(31-3)28(11)2)16-24-7-12(32-16)15(30)27-13-4-9(18(20,21)22)10(19)5-23-13/h4-8H,1-3H3,(H,26,29)(H,23,27,30). The van der Waals surface area contributed by atoms with Crippen molar-refractivity contribution in [3.8, 4) is 6.01 Å². The van der Waals surface area contributed by atoms with Gasteiger partial charge in [-0.2, -0.15) is 13.2 Å². The van der Waals surface area contributed by atoms with Crippen molar-refractivity contribution in [1.29, 1.82) is 0 Å². The number of alkyl halides is 3. The Kier molecular flexibility index (Phi) is 6.69. The summed E-state index contributed by atoms with van der Waals surface area (Å²) in [6.45, 7) is 1.67. The molecule has 3 rings (SSSR count). The molecule has 0 aromatic carbocycles. The van der Waals surface area contributed by atoms with E-state index in [9.17, 15) is 22.8 Å². The number of carbonyl (C=O) groups excluding carboxylic acids is 2. The first-order valence-corrected chi connectivity index (χ1v) is 10.1. The molecule has 2 N–H and O–H groups in total.